The lowest BCUT2D eigenvalue weighted by Gasteiger charge is -2.37. The highest BCUT2D eigenvalue weighted by Crippen LogP contribution is 2.43. The molecule has 0 atom stereocenters. The van der Waals surface area contributed by atoms with Crippen molar-refractivity contribution in [2.45, 2.75) is 32.2 Å². The number of nitrogens with zero attached hydrogens (tertiary/aromatic N) is 5. The van der Waals surface area contributed by atoms with Crippen molar-refractivity contribution < 1.29 is 4.74 Å². The summed E-state index contributed by atoms with van der Waals surface area (Å²) in [5, 5.41) is 11.4. The van der Waals surface area contributed by atoms with Gasteiger partial charge in [-0.2, -0.15) is 5.10 Å². The molecule has 9 heteroatoms. The Hall–Kier alpha value is -3.46. The van der Waals surface area contributed by atoms with Crippen LogP contribution in [0.3, 0.4) is 0 Å². The Morgan fingerprint density at radius 1 is 1.31 bits per heavy atom. The van der Waals surface area contributed by atoms with Gasteiger partial charge in [-0.3, -0.25) is 4.99 Å². The molecule has 0 amide bonds. The molecule has 0 unspecified atom stereocenters. The molecule has 6 rings (SSSR count). The van der Waals surface area contributed by atoms with Gasteiger partial charge >= 0.3 is 0 Å². The van der Waals surface area contributed by atoms with Crippen LogP contribution in [0.5, 0.6) is 0 Å². The highest BCUT2D eigenvalue weighted by atomic mass is 16.5. The first-order chi connectivity index (χ1) is 15.5. The van der Waals surface area contributed by atoms with Crippen molar-refractivity contribution in [2.24, 2.45) is 16.6 Å². The molecule has 3 fully saturated rings. The lowest BCUT2D eigenvalue weighted by atomic mass is 9.74. The van der Waals surface area contributed by atoms with Crippen LogP contribution in [-0.4, -0.2) is 51.0 Å². The van der Waals surface area contributed by atoms with Crippen molar-refractivity contribution in [3.63, 3.8) is 0 Å². The Kier molecular flexibility index (Phi) is 5.05. The van der Waals surface area contributed by atoms with E-state index in [0.717, 1.165) is 34.9 Å². The van der Waals surface area contributed by atoms with Gasteiger partial charge < -0.3 is 21.1 Å². The van der Waals surface area contributed by atoms with E-state index in [9.17, 15) is 0 Å². The number of hydrogen-bond donors (Lipinski definition) is 3. The van der Waals surface area contributed by atoms with E-state index in [2.05, 4.69) is 30.7 Å². The van der Waals surface area contributed by atoms with Crippen LogP contribution in [0.4, 0.5) is 11.6 Å². The summed E-state index contributed by atoms with van der Waals surface area (Å²) in [6.45, 7) is 5.50. The molecular weight excluding hydrogens is 404 g/mol. The summed E-state index contributed by atoms with van der Waals surface area (Å²) >= 11 is 0. The third-order valence-electron chi connectivity index (χ3n) is 6.20. The number of nitrogens with one attached hydrogen (secondary N) is 2. The third-order valence-corrected chi connectivity index (χ3v) is 6.20. The Morgan fingerprint density at radius 2 is 2.16 bits per heavy atom. The molecule has 1 saturated carbocycles. The Balaban J connectivity index is 1.35. The molecule has 3 aromatic rings. The zero-order chi connectivity index (χ0) is 22.3. The minimum atomic E-state index is 0.103. The van der Waals surface area contributed by atoms with Crippen LogP contribution in [0.25, 0.3) is 5.52 Å². The molecule has 2 saturated heterocycles. The zero-order valence-electron chi connectivity index (χ0n) is 18.6. The van der Waals surface area contributed by atoms with Crippen molar-refractivity contribution in [1.82, 2.24) is 24.9 Å². The highest BCUT2D eigenvalue weighted by Gasteiger charge is 2.50. The number of nitrogens with two attached hydrogens (primary N) is 1. The average molecular weight is 433 g/mol. The summed E-state index contributed by atoms with van der Waals surface area (Å²) in [4.78, 5) is 13.2. The lowest BCUT2D eigenvalue weighted by Crippen LogP contribution is -2.47. The summed E-state index contributed by atoms with van der Waals surface area (Å²) in [6.07, 6.45) is 5.75. The molecule has 0 spiro atoms. The van der Waals surface area contributed by atoms with E-state index >= 15 is 0 Å². The maximum atomic E-state index is 6.14. The fourth-order valence-electron chi connectivity index (χ4n) is 4.77. The van der Waals surface area contributed by atoms with E-state index < -0.39 is 0 Å². The van der Waals surface area contributed by atoms with Crippen molar-refractivity contribution in [1.29, 1.82) is 0 Å². The number of allylic oxidation sites excluding steroid dienone is 1. The number of anilines is 2. The van der Waals surface area contributed by atoms with E-state index in [1.54, 1.807) is 7.05 Å². The fraction of sp³-hybridized carbons (Fsp3) is 0.391. The maximum Gasteiger partial charge on any atom is 0.160 e. The Labute approximate surface area is 186 Å². The molecule has 1 aliphatic carbocycles. The van der Waals surface area contributed by atoms with Gasteiger partial charge in [0, 0.05) is 42.8 Å². The SMILES string of the molecule is CN=C(/C(=C/N)OCC12CC(CN1)C2)c1ccn2nc(Nc3cc(C)nc(C)n3)cc2c1. The molecule has 3 aromatic heterocycles. The Bertz CT molecular complexity index is 1200. The second-order valence-electron chi connectivity index (χ2n) is 8.71. The molecule has 4 N–H and O–H groups in total. The largest absolute Gasteiger partial charge is 0.488 e. The minimum Gasteiger partial charge on any atom is -0.488 e. The monoisotopic (exact) mass is 432 g/mol. The number of aromatic nitrogens is 4. The van der Waals surface area contributed by atoms with E-state index in [1.165, 1.54) is 19.0 Å². The standard InChI is InChI=1S/C23H28N8O/c1-14-6-20(28-15(2)27-14)29-21-8-18-7-17(4-5-31(18)30-21)22(25-3)19(11-24)32-13-23-9-16(10-23)12-26-23/h4-8,11,16,26H,9-10,12-13,24H2,1-3H3,(H,27,28,29,30)/b19-11-,25-22?. The topological polar surface area (TPSA) is 115 Å². The van der Waals surface area contributed by atoms with Crippen LogP contribution in [0.1, 0.15) is 29.9 Å². The van der Waals surface area contributed by atoms with Crippen LogP contribution in [0.15, 0.2) is 47.4 Å². The molecule has 3 aliphatic rings. The van der Waals surface area contributed by atoms with Gasteiger partial charge in [-0.05, 0) is 51.3 Å². The molecule has 9 nitrogen and oxygen atoms in total. The van der Waals surface area contributed by atoms with Crippen LogP contribution < -0.4 is 16.4 Å². The summed E-state index contributed by atoms with van der Waals surface area (Å²) in [6, 6.07) is 7.84. The molecule has 166 valence electrons. The number of aryl methyl sites for hydroxylation is 2. The van der Waals surface area contributed by atoms with Crippen molar-refractivity contribution in [2.75, 3.05) is 25.5 Å². The molecule has 32 heavy (non-hydrogen) atoms. The summed E-state index contributed by atoms with van der Waals surface area (Å²) in [5.41, 5.74) is 9.49. The fourth-order valence-corrected chi connectivity index (χ4v) is 4.77. The lowest BCUT2D eigenvalue weighted by molar-refractivity contribution is 0.0933. The van der Waals surface area contributed by atoms with Gasteiger partial charge in [-0.1, -0.05) is 0 Å². The smallest absolute Gasteiger partial charge is 0.160 e. The van der Waals surface area contributed by atoms with Gasteiger partial charge in [0.05, 0.1) is 11.1 Å². The van der Waals surface area contributed by atoms with Crippen molar-refractivity contribution in [3.8, 4) is 0 Å². The second-order valence-corrected chi connectivity index (χ2v) is 8.71. The van der Waals surface area contributed by atoms with Gasteiger partial charge in [0.1, 0.15) is 24.0 Å². The number of pyridine rings is 1. The molecular formula is C23H28N8O. The van der Waals surface area contributed by atoms with Crippen LogP contribution in [0.2, 0.25) is 0 Å². The van der Waals surface area contributed by atoms with E-state index in [4.69, 9.17) is 10.5 Å². The zero-order valence-corrected chi connectivity index (χ0v) is 18.6. The van der Waals surface area contributed by atoms with Gasteiger partial charge in [0.25, 0.3) is 0 Å². The number of hydrogen-bond acceptors (Lipinski definition) is 8. The first kappa shape index (κ1) is 20.4. The van der Waals surface area contributed by atoms with Gasteiger partial charge in [0.2, 0.25) is 0 Å². The summed E-state index contributed by atoms with van der Waals surface area (Å²) < 4.78 is 7.94. The summed E-state index contributed by atoms with van der Waals surface area (Å²) in [7, 11) is 1.75. The molecule has 5 heterocycles. The van der Waals surface area contributed by atoms with E-state index in [0.29, 0.717) is 29.8 Å². The van der Waals surface area contributed by atoms with Crippen molar-refractivity contribution >= 4 is 22.9 Å². The predicted octanol–water partition coefficient (Wildman–Crippen LogP) is 2.47. The summed E-state index contributed by atoms with van der Waals surface area (Å²) in [5.74, 6) is 3.52. The molecule has 0 aromatic carbocycles. The average Bonchev–Trinajstić information content (AvgIpc) is 3.43. The van der Waals surface area contributed by atoms with Gasteiger partial charge in [-0.15, -0.1) is 0 Å². The van der Waals surface area contributed by atoms with Crippen LogP contribution in [-0.2, 0) is 4.74 Å². The highest BCUT2D eigenvalue weighted by molar-refractivity contribution is 6.11. The number of aliphatic imine (C=N–C) groups is 1. The van der Waals surface area contributed by atoms with Crippen LogP contribution >= 0.6 is 0 Å². The Morgan fingerprint density at radius 3 is 2.84 bits per heavy atom. The number of rotatable bonds is 7. The predicted molar refractivity (Wildman–Crippen MR) is 124 cm³/mol. The van der Waals surface area contributed by atoms with Gasteiger partial charge in [-0.25, -0.2) is 14.5 Å². The molecule has 2 aliphatic heterocycles. The first-order valence-corrected chi connectivity index (χ1v) is 10.8. The third kappa shape index (κ3) is 3.80. The first-order valence-electron chi connectivity index (χ1n) is 10.8. The van der Waals surface area contributed by atoms with E-state index in [1.807, 2.05) is 48.8 Å². The minimum absolute atomic E-state index is 0.103. The molecule has 2 bridgehead atoms. The van der Waals surface area contributed by atoms with Gasteiger partial charge in [0.15, 0.2) is 11.6 Å². The number of fused-ring (bicyclic) bond motifs is 2. The quantitative estimate of drug-likeness (QED) is 0.388. The van der Waals surface area contributed by atoms with E-state index in [-0.39, 0.29) is 5.54 Å². The van der Waals surface area contributed by atoms with Crippen LogP contribution in [0, 0.1) is 19.8 Å². The maximum absolute atomic E-state index is 6.14. The second kappa shape index (κ2) is 7.90. The van der Waals surface area contributed by atoms with Crippen molar-refractivity contribution in [3.05, 3.63) is 59.5 Å². The normalized spacial score (nSPS) is 22.8. The number of ether oxygens (including phenoxy) is 1. The molecule has 0 radical (unpaired) electrons.